The van der Waals surface area contributed by atoms with Gasteiger partial charge in [-0.25, -0.2) is 14.4 Å². The van der Waals surface area contributed by atoms with Gasteiger partial charge in [0.25, 0.3) is 0 Å². The number of allylic oxidation sites excluding steroid dienone is 2. The third kappa shape index (κ3) is 5.81. The summed E-state index contributed by atoms with van der Waals surface area (Å²) in [6.07, 6.45) is 4.54. The second-order valence-electron chi connectivity index (χ2n) is 8.49. The summed E-state index contributed by atoms with van der Waals surface area (Å²) in [5.41, 5.74) is -2.96. The van der Waals surface area contributed by atoms with Crippen LogP contribution in [0.5, 0.6) is 0 Å². The molecule has 8 heteroatoms. The highest BCUT2D eigenvalue weighted by Crippen LogP contribution is 2.47. The summed E-state index contributed by atoms with van der Waals surface area (Å²) in [6, 6.07) is 16.7. The highest BCUT2D eigenvalue weighted by atomic mass is 16.5. The number of rotatable bonds is 13. The van der Waals surface area contributed by atoms with Gasteiger partial charge in [0.2, 0.25) is 0 Å². The maximum Gasteiger partial charge on any atom is 0.341 e. The van der Waals surface area contributed by atoms with Crippen molar-refractivity contribution in [3.8, 4) is 0 Å². The van der Waals surface area contributed by atoms with E-state index in [1.165, 1.54) is 32.4 Å². The van der Waals surface area contributed by atoms with Gasteiger partial charge < -0.3 is 24.4 Å². The van der Waals surface area contributed by atoms with Gasteiger partial charge in [-0.1, -0.05) is 85.8 Å². The van der Waals surface area contributed by atoms with Crippen LogP contribution in [0.4, 0.5) is 0 Å². The minimum Gasteiger partial charge on any atom is -0.479 e. The van der Waals surface area contributed by atoms with E-state index in [4.69, 9.17) is 14.2 Å². The zero-order valence-corrected chi connectivity index (χ0v) is 21.7. The van der Waals surface area contributed by atoms with Crippen molar-refractivity contribution in [1.29, 1.82) is 0 Å². The van der Waals surface area contributed by atoms with Crippen molar-refractivity contribution in [1.82, 2.24) is 0 Å². The van der Waals surface area contributed by atoms with Crippen LogP contribution in [0.25, 0.3) is 0 Å². The van der Waals surface area contributed by atoms with E-state index in [0.717, 1.165) is 0 Å². The Bertz CT molecular complexity index is 1130. The van der Waals surface area contributed by atoms with Crippen molar-refractivity contribution in [2.75, 3.05) is 20.8 Å². The van der Waals surface area contributed by atoms with E-state index < -0.39 is 40.9 Å². The molecular formula is C29H34O8. The van der Waals surface area contributed by atoms with Crippen LogP contribution in [-0.4, -0.2) is 48.9 Å². The van der Waals surface area contributed by atoms with E-state index in [2.05, 4.69) is 0 Å². The zero-order chi connectivity index (χ0) is 27.6. The van der Waals surface area contributed by atoms with Gasteiger partial charge in [-0.15, -0.1) is 0 Å². The van der Waals surface area contributed by atoms with Crippen molar-refractivity contribution < 1.29 is 38.8 Å². The highest BCUT2D eigenvalue weighted by Gasteiger charge is 2.57. The number of carbonyl (C=O) groups is 3. The van der Waals surface area contributed by atoms with Crippen LogP contribution in [0.3, 0.4) is 0 Å². The Kier molecular flexibility index (Phi) is 10.3. The van der Waals surface area contributed by atoms with Crippen LogP contribution >= 0.6 is 0 Å². The summed E-state index contributed by atoms with van der Waals surface area (Å²) in [5, 5.41) is 21.1. The fraction of sp³-hybridized carbons (Fsp3) is 0.345. The molecule has 2 aromatic rings. The molecule has 37 heavy (non-hydrogen) atoms. The molecule has 0 saturated heterocycles. The van der Waals surface area contributed by atoms with E-state index >= 15 is 0 Å². The molecule has 0 heterocycles. The number of hydrogen-bond acceptors (Lipinski definition) is 6. The number of carbonyl (C=O) groups excluding carboxylic acids is 1. The fourth-order valence-corrected chi connectivity index (χ4v) is 4.68. The molecule has 2 rings (SSSR count). The lowest BCUT2D eigenvalue weighted by molar-refractivity contribution is -0.191. The van der Waals surface area contributed by atoms with E-state index in [0.29, 0.717) is 16.7 Å². The van der Waals surface area contributed by atoms with Crippen LogP contribution in [0, 0.1) is 11.8 Å². The Labute approximate surface area is 217 Å². The van der Waals surface area contributed by atoms with Crippen molar-refractivity contribution in [3.63, 3.8) is 0 Å². The maximum absolute atomic E-state index is 13.0. The Morgan fingerprint density at radius 2 is 1.32 bits per heavy atom. The molecule has 0 unspecified atom stereocenters. The third-order valence-corrected chi connectivity index (χ3v) is 6.60. The van der Waals surface area contributed by atoms with Crippen LogP contribution in [0.2, 0.25) is 0 Å². The summed E-state index contributed by atoms with van der Waals surface area (Å²) in [7, 11) is 2.55. The average molecular weight is 511 g/mol. The predicted molar refractivity (Wildman–Crippen MR) is 138 cm³/mol. The lowest BCUT2D eigenvalue weighted by atomic mass is 9.66. The Morgan fingerprint density at radius 3 is 1.73 bits per heavy atom. The van der Waals surface area contributed by atoms with Gasteiger partial charge in [-0.2, -0.15) is 0 Å². The van der Waals surface area contributed by atoms with E-state index in [1.54, 1.807) is 81.4 Å². The number of carboxylic acids is 2. The van der Waals surface area contributed by atoms with Crippen molar-refractivity contribution in [2.45, 2.75) is 32.0 Å². The molecule has 0 radical (unpaired) electrons. The number of esters is 1. The predicted octanol–water partition coefficient (Wildman–Crippen LogP) is 4.56. The number of methoxy groups -OCH3 is 2. The van der Waals surface area contributed by atoms with E-state index in [1.807, 2.05) is 0 Å². The molecular weight excluding hydrogens is 476 g/mol. The van der Waals surface area contributed by atoms with Crippen molar-refractivity contribution in [3.05, 3.63) is 95.6 Å². The number of benzene rings is 2. The molecule has 198 valence electrons. The molecule has 0 fully saturated rings. The molecule has 0 amide bonds. The quantitative estimate of drug-likeness (QED) is 0.229. The standard InChI is InChI=1S/C29H34O8/c1-6-37-25(30)20(2)14-13-19-24(29(36-5,27(33)34)23-17-11-8-12-18-23)21(3)28(35-4,26(31)32)22-15-9-7-10-16-22/h7-19,21,24H,6H2,1-5H3,(H,31,32)(H,33,34)/b19-13+,20-14+/t21-,24-,28-,29+/m0/s1. The minimum absolute atomic E-state index is 0.208. The fourth-order valence-electron chi connectivity index (χ4n) is 4.68. The lowest BCUT2D eigenvalue weighted by Crippen LogP contribution is -2.54. The van der Waals surface area contributed by atoms with Crippen molar-refractivity contribution in [2.24, 2.45) is 11.8 Å². The van der Waals surface area contributed by atoms with Crippen LogP contribution < -0.4 is 0 Å². The molecule has 0 spiro atoms. The highest BCUT2D eigenvalue weighted by molar-refractivity contribution is 5.88. The largest absolute Gasteiger partial charge is 0.479 e. The number of carboxylic acid groups (broad SMARTS) is 2. The first-order chi connectivity index (χ1) is 17.6. The Balaban J connectivity index is 2.84. The number of hydrogen-bond donors (Lipinski definition) is 2. The zero-order valence-electron chi connectivity index (χ0n) is 21.7. The van der Waals surface area contributed by atoms with E-state index in [-0.39, 0.29) is 6.61 Å². The van der Waals surface area contributed by atoms with Gasteiger partial charge in [0.1, 0.15) is 0 Å². The number of ether oxygens (including phenoxy) is 3. The molecule has 0 aromatic heterocycles. The van der Waals surface area contributed by atoms with Gasteiger partial charge in [-0.3, -0.25) is 0 Å². The third-order valence-electron chi connectivity index (χ3n) is 6.60. The summed E-state index contributed by atoms with van der Waals surface area (Å²) in [6.45, 7) is 5.08. The van der Waals surface area contributed by atoms with Crippen LogP contribution in [0.15, 0.2) is 84.5 Å². The SMILES string of the molecule is CCOC(=O)/C(C)=C/C=C/[C@@H]([C@H](C)[C@@](OC)(C(=O)O)c1ccccc1)[C@@](OC)(C(=O)O)c1ccccc1. The molecule has 0 aliphatic rings. The lowest BCUT2D eigenvalue weighted by Gasteiger charge is -2.44. The first-order valence-electron chi connectivity index (χ1n) is 11.8. The first kappa shape index (κ1) is 29.5. The summed E-state index contributed by atoms with van der Waals surface area (Å²) < 4.78 is 16.5. The molecule has 2 aromatic carbocycles. The first-order valence-corrected chi connectivity index (χ1v) is 11.8. The minimum atomic E-state index is -1.99. The van der Waals surface area contributed by atoms with Gasteiger partial charge in [-0.05, 0) is 25.0 Å². The molecule has 8 nitrogen and oxygen atoms in total. The molecule has 0 bridgehead atoms. The normalized spacial score (nSPS) is 16.8. The molecule has 0 saturated carbocycles. The topological polar surface area (TPSA) is 119 Å². The van der Waals surface area contributed by atoms with Crippen LogP contribution in [-0.2, 0) is 39.8 Å². The monoisotopic (exact) mass is 510 g/mol. The second-order valence-corrected chi connectivity index (χ2v) is 8.49. The Hall–Kier alpha value is -3.75. The molecule has 4 atom stereocenters. The average Bonchev–Trinajstić information content (AvgIpc) is 2.90. The smallest absolute Gasteiger partial charge is 0.341 e. The molecule has 0 aliphatic heterocycles. The van der Waals surface area contributed by atoms with Gasteiger partial charge in [0.05, 0.1) is 6.61 Å². The molecule has 2 N–H and O–H groups in total. The van der Waals surface area contributed by atoms with Gasteiger partial charge in [0, 0.05) is 31.6 Å². The Morgan fingerprint density at radius 1 is 0.865 bits per heavy atom. The summed E-state index contributed by atoms with van der Waals surface area (Å²) in [4.78, 5) is 37.9. The van der Waals surface area contributed by atoms with E-state index in [9.17, 15) is 24.6 Å². The summed E-state index contributed by atoms with van der Waals surface area (Å²) >= 11 is 0. The second kappa shape index (κ2) is 13.0. The maximum atomic E-state index is 13.0. The van der Waals surface area contributed by atoms with Crippen LogP contribution in [0.1, 0.15) is 31.9 Å². The van der Waals surface area contributed by atoms with Gasteiger partial charge >= 0.3 is 17.9 Å². The number of aliphatic carboxylic acids is 2. The summed E-state index contributed by atoms with van der Waals surface area (Å²) in [5.74, 6) is -5.18. The molecule has 0 aliphatic carbocycles. The van der Waals surface area contributed by atoms with Crippen molar-refractivity contribution >= 4 is 17.9 Å². The van der Waals surface area contributed by atoms with Gasteiger partial charge in [0.15, 0.2) is 11.2 Å².